The van der Waals surface area contributed by atoms with Crippen molar-refractivity contribution in [3.05, 3.63) is 54.5 Å². The SMILES string of the molecule is CC(C)n1nc(C(F)(F)F)cc1-c1cc(F)ccc1Oc1cncnc1. The number of rotatable bonds is 4. The smallest absolute Gasteiger partial charge is 0.435 e. The van der Waals surface area contributed by atoms with E-state index in [0.29, 0.717) is 0 Å². The van der Waals surface area contributed by atoms with Gasteiger partial charge in [-0.15, -0.1) is 0 Å². The van der Waals surface area contributed by atoms with Crippen LogP contribution in [0.4, 0.5) is 17.6 Å². The molecule has 1 aromatic carbocycles. The molecule has 0 spiro atoms. The monoisotopic (exact) mass is 366 g/mol. The van der Waals surface area contributed by atoms with Crippen molar-refractivity contribution in [2.24, 2.45) is 0 Å². The molecule has 0 bridgehead atoms. The number of aromatic nitrogens is 4. The Balaban J connectivity index is 2.14. The highest BCUT2D eigenvalue weighted by Crippen LogP contribution is 2.38. The highest BCUT2D eigenvalue weighted by atomic mass is 19.4. The number of hydrogen-bond acceptors (Lipinski definition) is 4. The first-order valence-electron chi connectivity index (χ1n) is 7.65. The Hall–Kier alpha value is -2.97. The number of alkyl halides is 3. The summed E-state index contributed by atoms with van der Waals surface area (Å²) in [7, 11) is 0. The van der Waals surface area contributed by atoms with Crippen molar-refractivity contribution in [1.29, 1.82) is 0 Å². The molecular formula is C17H14F4N4O. The minimum absolute atomic E-state index is 0.0960. The molecule has 0 amide bonds. The van der Waals surface area contributed by atoms with Crippen LogP contribution in [0.25, 0.3) is 11.3 Å². The van der Waals surface area contributed by atoms with Crippen LogP contribution >= 0.6 is 0 Å². The van der Waals surface area contributed by atoms with E-state index in [9.17, 15) is 17.6 Å². The van der Waals surface area contributed by atoms with Gasteiger partial charge in [0.05, 0.1) is 18.1 Å². The van der Waals surface area contributed by atoms with E-state index in [1.54, 1.807) is 13.8 Å². The fraction of sp³-hybridized carbons (Fsp3) is 0.235. The van der Waals surface area contributed by atoms with E-state index in [4.69, 9.17) is 4.74 Å². The Kier molecular flexibility index (Phi) is 4.62. The Morgan fingerprint density at radius 2 is 1.77 bits per heavy atom. The first-order chi connectivity index (χ1) is 12.3. The first kappa shape index (κ1) is 17.8. The van der Waals surface area contributed by atoms with Crippen molar-refractivity contribution in [2.45, 2.75) is 26.1 Å². The van der Waals surface area contributed by atoms with Gasteiger partial charge in [0.2, 0.25) is 0 Å². The molecule has 9 heteroatoms. The second-order valence-electron chi connectivity index (χ2n) is 5.77. The van der Waals surface area contributed by atoms with Gasteiger partial charge in [0.25, 0.3) is 0 Å². The minimum atomic E-state index is -4.61. The van der Waals surface area contributed by atoms with E-state index >= 15 is 0 Å². The molecule has 136 valence electrons. The summed E-state index contributed by atoms with van der Waals surface area (Å²) in [4.78, 5) is 7.61. The standard InChI is InChI=1S/C17H14F4N4O/c1-10(2)25-14(6-16(24-25)17(19,20)21)13-5-11(18)3-4-15(13)26-12-7-22-9-23-8-12/h3-10H,1-2H3. The number of nitrogens with zero attached hydrogens (tertiary/aromatic N) is 4. The predicted octanol–water partition coefficient (Wildman–Crippen LogP) is 4.87. The molecule has 0 saturated heterocycles. The third kappa shape index (κ3) is 3.66. The lowest BCUT2D eigenvalue weighted by atomic mass is 10.1. The summed E-state index contributed by atoms with van der Waals surface area (Å²) in [5.74, 6) is -0.175. The fourth-order valence-corrected chi connectivity index (χ4v) is 2.38. The summed E-state index contributed by atoms with van der Waals surface area (Å²) < 4.78 is 59.9. The van der Waals surface area contributed by atoms with Crippen molar-refractivity contribution >= 4 is 0 Å². The van der Waals surface area contributed by atoms with Crippen LogP contribution in [-0.2, 0) is 6.18 Å². The van der Waals surface area contributed by atoms with Crippen molar-refractivity contribution in [1.82, 2.24) is 19.7 Å². The third-order valence-electron chi connectivity index (χ3n) is 3.50. The molecule has 0 atom stereocenters. The molecule has 0 fully saturated rings. The van der Waals surface area contributed by atoms with Crippen LogP contribution in [0.5, 0.6) is 11.5 Å². The van der Waals surface area contributed by atoms with Crippen molar-refractivity contribution in [3.63, 3.8) is 0 Å². The maximum atomic E-state index is 13.8. The van der Waals surface area contributed by atoms with Crippen LogP contribution in [0.2, 0.25) is 0 Å². The van der Waals surface area contributed by atoms with Gasteiger partial charge in [-0.25, -0.2) is 14.4 Å². The van der Waals surface area contributed by atoms with Gasteiger partial charge >= 0.3 is 6.18 Å². The van der Waals surface area contributed by atoms with Crippen molar-refractivity contribution < 1.29 is 22.3 Å². The van der Waals surface area contributed by atoms with Gasteiger partial charge in [0.1, 0.15) is 17.9 Å². The molecule has 3 aromatic rings. The first-order valence-corrected chi connectivity index (χ1v) is 7.65. The summed E-state index contributed by atoms with van der Waals surface area (Å²) in [5, 5.41) is 3.62. The molecule has 0 radical (unpaired) electrons. The zero-order valence-corrected chi connectivity index (χ0v) is 13.8. The van der Waals surface area contributed by atoms with Gasteiger partial charge in [0, 0.05) is 11.6 Å². The molecule has 2 aromatic heterocycles. The lowest BCUT2D eigenvalue weighted by molar-refractivity contribution is -0.141. The molecule has 3 rings (SSSR count). The Morgan fingerprint density at radius 1 is 1.08 bits per heavy atom. The summed E-state index contributed by atoms with van der Waals surface area (Å²) in [5.41, 5.74) is -0.816. The average Bonchev–Trinajstić information content (AvgIpc) is 3.03. The van der Waals surface area contributed by atoms with E-state index in [1.807, 2.05) is 0 Å². The van der Waals surface area contributed by atoms with E-state index in [0.717, 1.165) is 18.2 Å². The lowest BCUT2D eigenvalue weighted by Gasteiger charge is -2.14. The van der Waals surface area contributed by atoms with Crippen LogP contribution < -0.4 is 4.74 Å². The number of benzene rings is 1. The van der Waals surface area contributed by atoms with Crippen LogP contribution in [-0.4, -0.2) is 19.7 Å². The van der Waals surface area contributed by atoms with Gasteiger partial charge in [-0.1, -0.05) is 0 Å². The average molecular weight is 366 g/mol. The molecule has 0 aliphatic carbocycles. The normalized spacial score (nSPS) is 11.8. The van der Waals surface area contributed by atoms with Gasteiger partial charge in [-0.05, 0) is 38.1 Å². The molecule has 0 unspecified atom stereocenters. The van der Waals surface area contributed by atoms with E-state index in [-0.39, 0.29) is 28.8 Å². The zero-order chi connectivity index (χ0) is 18.9. The highest BCUT2D eigenvalue weighted by Gasteiger charge is 2.35. The largest absolute Gasteiger partial charge is 0.453 e. The zero-order valence-electron chi connectivity index (χ0n) is 13.8. The maximum Gasteiger partial charge on any atom is 0.435 e. The van der Waals surface area contributed by atoms with Crippen LogP contribution in [0.3, 0.4) is 0 Å². The van der Waals surface area contributed by atoms with Gasteiger partial charge in [-0.2, -0.15) is 18.3 Å². The molecule has 0 aliphatic rings. The van der Waals surface area contributed by atoms with Gasteiger partial charge in [0.15, 0.2) is 11.4 Å². The predicted molar refractivity (Wildman–Crippen MR) is 85.1 cm³/mol. The lowest BCUT2D eigenvalue weighted by Crippen LogP contribution is -2.09. The van der Waals surface area contributed by atoms with E-state index in [1.165, 1.54) is 29.5 Å². The summed E-state index contributed by atoms with van der Waals surface area (Å²) >= 11 is 0. The maximum absolute atomic E-state index is 13.8. The minimum Gasteiger partial charge on any atom is -0.453 e. The second-order valence-corrected chi connectivity index (χ2v) is 5.77. The third-order valence-corrected chi connectivity index (χ3v) is 3.50. The van der Waals surface area contributed by atoms with E-state index in [2.05, 4.69) is 15.1 Å². The van der Waals surface area contributed by atoms with Gasteiger partial charge < -0.3 is 4.74 Å². The van der Waals surface area contributed by atoms with Crippen molar-refractivity contribution in [2.75, 3.05) is 0 Å². The Bertz CT molecular complexity index is 907. The molecule has 5 nitrogen and oxygen atoms in total. The number of halogens is 4. The molecule has 2 heterocycles. The van der Waals surface area contributed by atoms with Crippen LogP contribution in [0, 0.1) is 5.82 Å². The molecule has 0 N–H and O–H groups in total. The summed E-state index contributed by atoms with van der Waals surface area (Å²) in [6.07, 6.45) is -0.527. The Morgan fingerprint density at radius 3 is 2.38 bits per heavy atom. The number of ether oxygens (including phenoxy) is 1. The summed E-state index contributed by atoms with van der Waals surface area (Å²) in [6, 6.07) is 4.10. The summed E-state index contributed by atoms with van der Waals surface area (Å²) in [6.45, 7) is 3.36. The second kappa shape index (κ2) is 6.74. The van der Waals surface area contributed by atoms with E-state index < -0.39 is 17.7 Å². The van der Waals surface area contributed by atoms with Crippen molar-refractivity contribution in [3.8, 4) is 22.8 Å². The van der Waals surface area contributed by atoms with Gasteiger partial charge in [-0.3, -0.25) is 4.68 Å². The quantitative estimate of drug-likeness (QED) is 0.618. The fourth-order valence-electron chi connectivity index (χ4n) is 2.38. The van der Waals surface area contributed by atoms with Crippen LogP contribution in [0.15, 0.2) is 43.0 Å². The Labute approximate surface area is 146 Å². The molecule has 0 aliphatic heterocycles. The topological polar surface area (TPSA) is 52.8 Å². The molecule has 0 saturated carbocycles. The highest BCUT2D eigenvalue weighted by molar-refractivity contribution is 5.68. The number of hydrogen-bond donors (Lipinski definition) is 0. The molecule has 26 heavy (non-hydrogen) atoms. The van der Waals surface area contributed by atoms with Crippen LogP contribution in [0.1, 0.15) is 25.6 Å². The molecular weight excluding hydrogens is 352 g/mol.